The molecule has 0 bridgehead atoms. The van der Waals surface area contributed by atoms with Gasteiger partial charge in [0.15, 0.2) is 0 Å². The minimum Gasteiger partial charge on any atom is -0.456 e. The molecule has 0 aromatic rings. The highest BCUT2D eigenvalue weighted by atomic mass is 16.5. The van der Waals surface area contributed by atoms with Crippen molar-refractivity contribution in [1.82, 2.24) is 0 Å². The molecular formula is C20H38NO2+. The third-order valence-corrected chi connectivity index (χ3v) is 6.49. The van der Waals surface area contributed by atoms with Crippen LogP contribution in [0.5, 0.6) is 0 Å². The Labute approximate surface area is 143 Å². The van der Waals surface area contributed by atoms with E-state index in [1.54, 1.807) is 0 Å². The van der Waals surface area contributed by atoms with Crippen molar-refractivity contribution in [2.45, 2.75) is 97.1 Å². The quantitative estimate of drug-likeness (QED) is 0.502. The van der Waals surface area contributed by atoms with Crippen LogP contribution in [0.2, 0.25) is 0 Å². The van der Waals surface area contributed by atoms with Gasteiger partial charge < -0.3 is 9.22 Å². The largest absolute Gasteiger partial charge is 0.456 e. The molecular weight excluding hydrogens is 286 g/mol. The average Bonchev–Trinajstić information content (AvgIpc) is 2.61. The van der Waals surface area contributed by atoms with E-state index in [1.165, 1.54) is 51.4 Å². The Morgan fingerprint density at radius 2 is 1.48 bits per heavy atom. The number of ether oxygens (including phenoxy) is 1. The van der Waals surface area contributed by atoms with Crippen molar-refractivity contribution in [2.75, 3.05) is 19.6 Å². The van der Waals surface area contributed by atoms with Crippen LogP contribution in [0.15, 0.2) is 0 Å². The fourth-order valence-electron chi connectivity index (χ4n) is 4.96. The first-order valence-corrected chi connectivity index (χ1v) is 10.2. The van der Waals surface area contributed by atoms with Gasteiger partial charge in [-0.1, -0.05) is 25.7 Å². The van der Waals surface area contributed by atoms with Crippen LogP contribution < -0.4 is 0 Å². The molecule has 0 aromatic heterocycles. The van der Waals surface area contributed by atoms with Crippen LogP contribution in [0, 0.1) is 5.92 Å². The molecule has 0 amide bonds. The first kappa shape index (κ1) is 18.8. The predicted octanol–water partition coefficient (Wildman–Crippen LogP) is 4.69. The lowest BCUT2D eigenvalue weighted by molar-refractivity contribution is -0.951. The van der Waals surface area contributed by atoms with E-state index < -0.39 is 0 Å². The summed E-state index contributed by atoms with van der Waals surface area (Å²) in [4.78, 5) is 12.4. The highest BCUT2D eigenvalue weighted by molar-refractivity contribution is 5.72. The lowest BCUT2D eigenvalue weighted by Crippen LogP contribution is -2.59. The summed E-state index contributed by atoms with van der Waals surface area (Å²) < 4.78 is 7.02. The highest BCUT2D eigenvalue weighted by Crippen LogP contribution is 2.30. The first-order valence-electron chi connectivity index (χ1n) is 10.2. The summed E-state index contributed by atoms with van der Waals surface area (Å²) in [7, 11) is 0. The van der Waals surface area contributed by atoms with Gasteiger partial charge in [0.05, 0.1) is 25.0 Å². The summed E-state index contributed by atoms with van der Waals surface area (Å²) >= 11 is 0. The minimum atomic E-state index is 0.0475. The summed E-state index contributed by atoms with van der Waals surface area (Å²) in [5.74, 6) is 0.247. The average molecular weight is 325 g/mol. The number of esters is 1. The van der Waals surface area contributed by atoms with Crippen LogP contribution in [-0.2, 0) is 9.53 Å². The van der Waals surface area contributed by atoms with Crippen molar-refractivity contribution in [3.05, 3.63) is 0 Å². The Hall–Kier alpha value is -0.570. The van der Waals surface area contributed by atoms with Gasteiger partial charge in [-0.2, -0.15) is 0 Å². The molecule has 0 spiro atoms. The van der Waals surface area contributed by atoms with E-state index in [1.807, 2.05) is 0 Å². The molecule has 0 aliphatic heterocycles. The third-order valence-electron chi connectivity index (χ3n) is 6.49. The van der Waals surface area contributed by atoms with Crippen molar-refractivity contribution in [1.29, 1.82) is 0 Å². The van der Waals surface area contributed by atoms with Crippen molar-refractivity contribution in [3.63, 3.8) is 0 Å². The van der Waals surface area contributed by atoms with Gasteiger partial charge in [-0.3, -0.25) is 4.79 Å². The number of hydrogen-bond donors (Lipinski definition) is 0. The predicted molar refractivity (Wildman–Crippen MR) is 95.2 cm³/mol. The summed E-state index contributed by atoms with van der Waals surface area (Å²) in [5.41, 5.74) is 0. The zero-order valence-electron chi connectivity index (χ0n) is 15.7. The maximum Gasteiger partial charge on any atom is 0.309 e. The van der Waals surface area contributed by atoms with E-state index in [2.05, 4.69) is 20.8 Å². The first-order chi connectivity index (χ1) is 11.1. The monoisotopic (exact) mass is 324 g/mol. The molecule has 134 valence electrons. The molecule has 3 heteroatoms. The summed E-state index contributed by atoms with van der Waals surface area (Å²) in [6, 6.07) is 0.773. The Kier molecular flexibility index (Phi) is 7.39. The van der Waals surface area contributed by atoms with Gasteiger partial charge in [0.1, 0.15) is 12.6 Å². The van der Waals surface area contributed by atoms with Gasteiger partial charge in [0.25, 0.3) is 0 Å². The summed E-state index contributed by atoms with van der Waals surface area (Å²) in [6.45, 7) is 10.1. The molecule has 2 aliphatic carbocycles. The maximum atomic E-state index is 12.4. The summed E-state index contributed by atoms with van der Waals surface area (Å²) in [6.07, 6.45) is 12.7. The third kappa shape index (κ3) is 4.95. The molecule has 2 rings (SSSR count). The van der Waals surface area contributed by atoms with E-state index in [0.29, 0.717) is 0 Å². The molecule has 1 atom stereocenters. The van der Waals surface area contributed by atoms with Crippen LogP contribution in [0.25, 0.3) is 0 Å². The van der Waals surface area contributed by atoms with Crippen molar-refractivity contribution in [2.24, 2.45) is 5.92 Å². The van der Waals surface area contributed by atoms with Crippen LogP contribution in [0.3, 0.4) is 0 Å². The zero-order chi connectivity index (χ0) is 16.7. The van der Waals surface area contributed by atoms with Crippen molar-refractivity contribution in [3.8, 4) is 0 Å². The Morgan fingerprint density at radius 3 is 2.00 bits per heavy atom. The topological polar surface area (TPSA) is 26.3 Å². The number of nitrogens with zero attached hydrogens (tertiary/aromatic N) is 1. The minimum absolute atomic E-state index is 0.0475. The molecule has 0 aromatic carbocycles. The van der Waals surface area contributed by atoms with Gasteiger partial charge in [0, 0.05) is 0 Å². The Morgan fingerprint density at radius 1 is 0.957 bits per heavy atom. The molecule has 23 heavy (non-hydrogen) atoms. The molecule has 0 radical (unpaired) electrons. The second kappa shape index (κ2) is 9.05. The van der Waals surface area contributed by atoms with Crippen LogP contribution in [0.1, 0.15) is 85.0 Å². The fraction of sp³-hybridized carbons (Fsp3) is 0.950. The van der Waals surface area contributed by atoms with Crippen LogP contribution in [0.4, 0.5) is 0 Å². The molecule has 1 unspecified atom stereocenters. The van der Waals surface area contributed by atoms with Gasteiger partial charge in [-0.15, -0.1) is 0 Å². The van der Waals surface area contributed by atoms with E-state index >= 15 is 0 Å². The van der Waals surface area contributed by atoms with Gasteiger partial charge in [-0.25, -0.2) is 0 Å². The van der Waals surface area contributed by atoms with Gasteiger partial charge in [0.2, 0.25) is 0 Å². The SMILES string of the molecule is CC[N+](CC)(CC(C)OC(=O)C1CCCCC1)C1CCCCC1. The molecule has 0 N–H and O–H groups in total. The van der Waals surface area contributed by atoms with Crippen molar-refractivity contribution >= 4 is 5.97 Å². The molecule has 0 saturated heterocycles. The maximum absolute atomic E-state index is 12.4. The van der Waals surface area contributed by atoms with Gasteiger partial charge in [-0.05, 0) is 59.3 Å². The normalized spacial score (nSPS) is 22.7. The Bertz CT molecular complexity index is 353. The fourth-order valence-corrected chi connectivity index (χ4v) is 4.96. The second-order valence-electron chi connectivity index (χ2n) is 7.91. The number of likely N-dealkylation sites (N-methyl/N-ethyl adjacent to an activating group) is 1. The Balaban J connectivity index is 1.91. The van der Waals surface area contributed by atoms with Crippen LogP contribution in [-0.4, -0.2) is 42.2 Å². The number of hydrogen-bond acceptors (Lipinski definition) is 2. The molecule has 2 saturated carbocycles. The van der Waals surface area contributed by atoms with Crippen molar-refractivity contribution < 1.29 is 14.0 Å². The molecule has 2 aliphatic rings. The van der Waals surface area contributed by atoms with Crippen LogP contribution >= 0.6 is 0 Å². The zero-order valence-corrected chi connectivity index (χ0v) is 15.7. The number of quaternary nitrogens is 1. The van der Waals surface area contributed by atoms with Gasteiger partial charge >= 0.3 is 5.97 Å². The molecule has 3 nitrogen and oxygen atoms in total. The number of carbonyl (C=O) groups excluding carboxylic acids is 1. The standard InChI is InChI=1S/C20H38NO2/c1-4-21(5-2,19-14-10-7-11-15-19)16-17(3)23-20(22)18-12-8-6-9-13-18/h17-19H,4-16H2,1-3H3/q+1. The second-order valence-corrected chi connectivity index (χ2v) is 7.91. The highest BCUT2D eigenvalue weighted by Gasteiger charge is 2.37. The van der Waals surface area contributed by atoms with E-state index in [4.69, 9.17) is 4.74 Å². The lowest BCUT2D eigenvalue weighted by atomic mass is 9.89. The van der Waals surface area contributed by atoms with E-state index in [9.17, 15) is 4.79 Å². The van der Waals surface area contributed by atoms with E-state index in [-0.39, 0.29) is 18.0 Å². The summed E-state index contributed by atoms with van der Waals surface area (Å²) in [5, 5.41) is 0. The smallest absolute Gasteiger partial charge is 0.309 e. The number of carbonyl (C=O) groups is 1. The molecule has 2 fully saturated rings. The molecule has 0 heterocycles. The number of rotatable bonds is 7. The van der Waals surface area contributed by atoms with E-state index in [0.717, 1.165) is 43.0 Å². The lowest BCUT2D eigenvalue weighted by Gasteiger charge is -2.46.